The number of aryl methyl sites for hydroxylation is 1. The number of hydrogen-bond donors (Lipinski definition) is 1. The van der Waals surface area contributed by atoms with Crippen molar-refractivity contribution in [2.45, 2.75) is 19.3 Å². The van der Waals surface area contributed by atoms with Gasteiger partial charge in [0.1, 0.15) is 5.69 Å². The maximum absolute atomic E-state index is 11.2. The normalized spacial score (nSPS) is 15.8. The number of nitrogens with zero attached hydrogens (tertiary/aromatic N) is 2. The van der Waals surface area contributed by atoms with E-state index in [-0.39, 0.29) is 11.7 Å². The number of carbonyl (C=O) groups is 1. The summed E-state index contributed by atoms with van der Waals surface area (Å²) in [7, 11) is 0. The van der Waals surface area contributed by atoms with Crippen molar-refractivity contribution in [3.63, 3.8) is 0 Å². The maximum atomic E-state index is 11.2. The van der Waals surface area contributed by atoms with Crippen LogP contribution in [-0.4, -0.2) is 20.9 Å². The van der Waals surface area contributed by atoms with Gasteiger partial charge in [-0.05, 0) is 12.8 Å². The van der Waals surface area contributed by atoms with Gasteiger partial charge in [0.25, 0.3) is 0 Å². The molecule has 0 aromatic carbocycles. The number of ketones is 1. The third-order valence-corrected chi connectivity index (χ3v) is 1.91. The fourth-order valence-electron chi connectivity index (χ4n) is 1.36. The number of Topliss-reactive ketones (excluding diaryl/α,β-unsaturated/α-hetero) is 1. The summed E-state index contributed by atoms with van der Waals surface area (Å²) in [5, 5.41) is 8.99. The summed E-state index contributed by atoms with van der Waals surface area (Å²) < 4.78 is 0. The first-order valence-electron chi connectivity index (χ1n) is 3.85. The standard InChI is InChI=1S/C8H8N2O2/c11-6-3-1-2-5-8(6)9-4-7(12)10-5/h4H,1-3H2,(H,10,12). The predicted octanol–water partition coefficient (Wildman–Crippen LogP) is 0.701. The number of aromatic hydroxyl groups is 1. The van der Waals surface area contributed by atoms with Gasteiger partial charge in [-0.3, -0.25) is 4.79 Å². The molecule has 1 aromatic rings. The van der Waals surface area contributed by atoms with Gasteiger partial charge in [0.2, 0.25) is 5.88 Å². The lowest BCUT2D eigenvalue weighted by Crippen LogP contribution is -2.14. The molecule has 0 fully saturated rings. The van der Waals surface area contributed by atoms with Crippen molar-refractivity contribution in [2.75, 3.05) is 0 Å². The fourth-order valence-corrected chi connectivity index (χ4v) is 1.36. The molecule has 0 amide bonds. The Bertz CT molecular complexity index is 336. The van der Waals surface area contributed by atoms with E-state index in [9.17, 15) is 4.79 Å². The molecular formula is C8H8N2O2. The third-order valence-electron chi connectivity index (χ3n) is 1.91. The van der Waals surface area contributed by atoms with Crippen LogP contribution in [0.3, 0.4) is 0 Å². The van der Waals surface area contributed by atoms with Crippen LogP contribution in [-0.2, 0) is 6.42 Å². The van der Waals surface area contributed by atoms with E-state index >= 15 is 0 Å². The summed E-state index contributed by atoms with van der Waals surface area (Å²) in [6.45, 7) is 0. The zero-order valence-corrected chi connectivity index (χ0v) is 6.45. The third kappa shape index (κ3) is 1.05. The van der Waals surface area contributed by atoms with Gasteiger partial charge in [-0.2, -0.15) is 0 Å². The average Bonchev–Trinajstić information content (AvgIpc) is 2.04. The summed E-state index contributed by atoms with van der Waals surface area (Å²) in [6, 6.07) is 0. The van der Waals surface area contributed by atoms with Crippen LogP contribution in [0.5, 0.6) is 5.88 Å². The van der Waals surface area contributed by atoms with Gasteiger partial charge in [-0.25, -0.2) is 9.97 Å². The Labute approximate surface area is 69.3 Å². The van der Waals surface area contributed by atoms with Crippen LogP contribution in [0.4, 0.5) is 0 Å². The molecule has 1 N–H and O–H groups in total. The number of carbonyl (C=O) groups excluding carboxylic acids is 1. The van der Waals surface area contributed by atoms with Crippen molar-refractivity contribution in [1.29, 1.82) is 0 Å². The second kappa shape index (κ2) is 2.55. The van der Waals surface area contributed by atoms with Crippen LogP contribution >= 0.6 is 0 Å². The maximum Gasteiger partial charge on any atom is 0.230 e. The first kappa shape index (κ1) is 7.21. The number of rotatable bonds is 0. The summed E-state index contributed by atoms with van der Waals surface area (Å²) >= 11 is 0. The summed E-state index contributed by atoms with van der Waals surface area (Å²) in [5.74, 6) is -0.0767. The minimum Gasteiger partial charge on any atom is -0.492 e. The minimum atomic E-state index is -0.108. The monoisotopic (exact) mass is 164 g/mol. The fraction of sp³-hybridized carbons (Fsp3) is 0.375. The lowest BCUT2D eigenvalue weighted by molar-refractivity contribution is 0.0966. The molecule has 62 valence electrons. The summed E-state index contributed by atoms with van der Waals surface area (Å²) in [5.41, 5.74) is 1.06. The molecular weight excluding hydrogens is 156 g/mol. The Morgan fingerprint density at radius 2 is 2.25 bits per heavy atom. The van der Waals surface area contributed by atoms with Crippen LogP contribution < -0.4 is 0 Å². The van der Waals surface area contributed by atoms with Gasteiger partial charge in [0, 0.05) is 6.42 Å². The highest BCUT2D eigenvalue weighted by Gasteiger charge is 2.19. The zero-order chi connectivity index (χ0) is 8.55. The van der Waals surface area contributed by atoms with Gasteiger partial charge >= 0.3 is 0 Å². The molecule has 1 aliphatic carbocycles. The first-order valence-corrected chi connectivity index (χ1v) is 3.85. The smallest absolute Gasteiger partial charge is 0.230 e. The molecule has 0 bridgehead atoms. The molecule has 1 aromatic heterocycles. The highest BCUT2D eigenvalue weighted by atomic mass is 16.3. The van der Waals surface area contributed by atoms with E-state index in [4.69, 9.17) is 5.11 Å². The predicted molar refractivity (Wildman–Crippen MR) is 41.0 cm³/mol. The van der Waals surface area contributed by atoms with Gasteiger partial charge < -0.3 is 5.11 Å². The van der Waals surface area contributed by atoms with Crippen LogP contribution in [0, 0.1) is 0 Å². The molecule has 0 atom stereocenters. The first-order chi connectivity index (χ1) is 5.77. The zero-order valence-electron chi connectivity index (χ0n) is 6.45. The molecule has 0 aliphatic heterocycles. The summed E-state index contributed by atoms with van der Waals surface area (Å²) in [4.78, 5) is 18.9. The topological polar surface area (TPSA) is 63.1 Å². The molecule has 0 unspecified atom stereocenters. The number of fused-ring (bicyclic) bond motifs is 1. The van der Waals surface area contributed by atoms with Crippen molar-refractivity contribution in [2.24, 2.45) is 0 Å². The Morgan fingerprint density at radius 3 is 3.08 bits per heavy atom. The van der Waals surface area contributed by atoms with E-state index in [1.165, 1.54) is 6.20 Å². The van der Waals surface area contributed by atoms with E-state index in [1.54, 1.807) is 0 Å². The van der Waals surface area contributed by atoms with Gasteiger partial charge in [-0.15, -0.1) is 0 Å². The number of hydrogen-bond acceptors (Lipinski definition) is 4. The van der Waals surface area contributed by atoms with Gasteiger partial charge in [0.05, 0.1) is 11.9 Å². The largest absolute Gasteiger partial charge is 0.492 e. The van der Waals surface area contributed by atoms with Gasteiger partial charge in [-0.1, -0.05) is 0 Å². The van der Waals surface area contributed by atoms with Crippen LogP contribution in [0.2, 0.25) is 0 Å². The van der Waals surface area contributed by atoms with Crippen molar-refractivity contribution in [1.82, 2.24) is 9.97 Å². The average molecular weight is 164 g/mol. The van der Waals surface area contributed by atoms with Crippen molar-refractivity contribution in [3.05, 3.63) is 17.6 Å². The van der Waals surface area contributed by atoms with Crippen LogP contribution in [0.1, 0.15) is 29.0 Å². The molecule has 12 heavy (non-hydrogen) atoms. The molecule has 0 spiro atoms. The second-order valence-corrected chi connectivity index (χ2v) is 2.80. The Balaban J connectivity index is 2.53. The Morgan fingerprint density at radius 1 is 1.42 bits per heavy atom. The van der Waals surface area contributed by atoms with E-state index in [0.717, 1.165) is 12.8 Å². The van der Waals surface area contributed by atoms with Crippen molar-refractivity contribution >= 4 is 5.78 Å². The molecule has 4 heteroatoms. The van der Waals surface area contributed by atoms with Crippen LogP contribution in [0.15, 0.2) is 6.20 Å². The lowest BCUT2D eigenvalue weighted by Gasteiger charge is -2.11. The molecule has 1 heterocycles. The lowest BCUT2D eigenvalue weighted by atomic mass is 9.99. The van der Waals surface area contributed by atoms with Gasteiger partial charge in [0.15, 0.2) is 5.78 Å². The molecule has 2 rings (SSSR count). The van der Waals surface area contributed by atoms with Crippen LogP contribution in [0.25, 0.3) is 0 Å². The SMILES string of the molecule is O=C1CCCc2nc(O)cnc21. The second-order valence-electron chi connectivity index (χ2n) is 2.80. The molecule has 0 saturated carbocycles. The minimum absolute atomic E-state index is 0.0313. The van der Waals surface area contributed by atoms with Crippen molar-refractivity contribution in [3.8, 4) is 5.88 Å². The molecule has 1 aliphatic rings. The Kier molecular flexibility index (Phi) is 1.53. The van der Waals surface area contributed by atoms with E-state index in [2.05, 4.69) is 9.97 Å². The highest BCUT2D eigenvalue weighted by molar-refractivity contribution is 5.96. The molecule has 0 radical (unpaired) electrons. The van der Waals surface area contributed by atoms with E-state index in [0.29, 0.717) is 17.8 Å². The van der Waals surface area contributed by atoms with Crippen molar-refractivity contribution < 1.29 is 9.90 Å². The quantitative estimate of drug-likeness (QED) is 0.613. The molecule has 0 saturated heterocycles. The van der Waals surface area contributed by atoms with E-state index in [1.807, 2.05) is 0 Å². The molecule has 4 nitrogen and oxygen atoms in total. The summed E-state index contributed by atoms with van der Waals surface area (Å²) in [6.07, 6.45) is 3.31. The Hall–Kier alpha value is -1.45. The highest BCUT2D eigenvalue weighted by Crippen LogP contribution is 2.18. The number of aromatic nitrogens is 2. The van der Waals surface area contributed by atoms with E-state index < -0.39 is 0 Å².